The maximum absolute atomic E-state index is 2.43. The number of benzene rings is 3. The zero-order valence-electron chi connectivity index (χ0n) is 16.0. The first kappa shape index (κ1) is 16.9. The van der Waals surface area contributed by atoms with Crippen LogP contribution in [0.25, 0.3) is 32.9 Å². The van der Waals surface area contributed by atoms with Crippen LogP contribution in [0.1, 0.15) is 37.8 Å². The van der Waals surface area contributed by atoms with Gasteiger partial charge in [-0.15, -0.1) is 0 Å². The van der Waals surface area contributed by atoms with Crippen molar-refractivity contribution in [2.45, 2.75) is 46.6 Å². The molecule has 0 spiro atoms. The Morgan fingerprint density at radius 1 is 0.731 bits per heavy atom. The number of unbranched alkanes of at least 4 members (excludes halogenated alkanes) is 1. The van der Waals surface area contributed by atoms with Crippen LogP contribution in [0.15, 0.2) is 60.7 Å². The van der Waals surface area contributed by atoms with Crippen molar-refractivity contribution in [2.75, 3.05) is 0 Å². The van der Waals surface area contributed by atoms with Crippen LogP contribution in [0.3, 0.4) is 0 Å². The molecule has 0 fully saturated rings. The Balaban J connectivity index is 1.81. The van der Waals surface area contributed by atoms with E-state index in [-0.39, 0.29) is 0 Å². The first-order valence-corrected chi connectivity index (χ1v) is 9.83. The molecule has 4 rings (SSSR count). The lowest BCUT2D eigenvalue weighted by Gasteiger charge is -2.07. The van der Waals surface area contributed by atoms with Crippen molar-refractivity contribution in [3.63, 3.8) is 0 Å². The van der Waals surface area contributed by atoms with Gasteiger partial charge in [0, 0.05) is 28.4 Å². The number of hydrogen-bond donors (Lipinski definition) is 0. The van der Waals surface area contributed by atoms with Crippen LogP contribution in [0, 0.1) is 6.92 Å². The molecule has 1 nitrogen and oxygen atoms in total. The van der Waals surface area contributed by atoms with Gasteiger partial charge in [-0.05, 0) is 61.6 Å². The van der Waals surface area contributed by atoms with Gasteiger partial charge in [0.1, 0.15) is 0 Å². The maximum Gasteiger partial charge on any atom is 0.0497 e. The van der Waals surface area contributed by atoms with Crippen LogP contribution in [0.2, 0.25) is 0 Å². The molecule has 0 aliphatic rings. The summed E-state index contributed by atoms with van der Waals surface area (Å²) in [7, 11) is 0. The first-order valence-electron chi connectivity index (χ1n) is 9.83. The Hall–Kier alpha value is -2.54. The lowest BCUT2D eigenvalue weighted by atomic mass is 10.0. The standard InChI is InChI=1S/C25H27N/c1-4-6-7-19-9-11-20(12-10-19)21-13-14-22-23-16-18(3)8-15-24(23)26(5-2)25(22)17-21/h8-17H,4-7H2,1-3H3. The molecule has 0 N–H and O–H groups in total. The normalized spacial score (nSPS) is 11.5. The van der Waals surface area contributed by atoms with E-state index in [0.717, 1.165) is 6.54 Å². The van der Waals surface area contributed by atoms with E-state index in [1.165, 1.54) is 63.3 Å². The lowest BCUT2D eigenvalue weighted by molar-refractivity contribution is 0.795. The molecule has 0 aliphatic heterocycles. The molecule has 3 aromatic carbocycles. The smallest absolute Gasteiger partial charge is 0.0497 e. The molecule has 0 unspecified atom stereocenters. The van der Waals surface area contributed by atoms with Crippen LogP contribution in [0.4, 0.5) is 0 Å². The van der Waals surface area contributed by atoms with E-state index >= 15 is 0 Å². The summed E-state index contributed by atoms with van der Waals surface area (Å²) in [6, 6.07) is 22.8. The summed E-state index contributed by atoms with van der Waals surface area (Å²) in [6.45, 7) is 7.64. The number of aromatic nitrogens is 1. The molecule has 1 aromatic heterocycles. The summed E-state index contributed by atoms with van der Waals surface area (Å²) >= 11 is 0. The van der Waals surface area contributed by atoms with Crippen LogP contribution < -0.4 is 0 Å². The molecule has 0 amide bonds. The largest absolute Gasteiger partial charge is 0.341 e. The fraction of sp³-hybridized carbons (Fsp3) is 0.280. The third kappa shape index (κ3) is 2.92. The molecule has 0 atom stereocenters. The highest BCUT2D eigenvalue weighted by molar-refractivity contribution is 6.09. The second kappa shape index (κ2) is 6.99. The zero-order valence-corrected chi connectivity index (χ0v) is 16.0. The molecule has 1 heterocycles. The number of aryl methyl sites for hydroxylation is 3. The Bertz CT molecular complexity index is 1050. The van der Waals surface area contributed by atoms with Crippen molar-refractivity contribution in [1.82, 2.24) is 4.57 Å². The molecule has 1 heteroatoms. The van der Waals surface area contributed by atoms with Gasteiger partial charge in [-0.25, -0.2) is 0 Å². The predicted octanol–water partition coefficient (Wildman–Crippen LogP) is 7.13. The minimum atomic E-state index is 0.989. The van der Waals surface area contributed by atoms with E-state index in [1.54, 1.807) is 0 Å². The van der Waals surface area contributed by atoms with Crippen LogP contribution in [-0.4, -0.2) is 4.57 Å². The van der Waals surface area contributed by atoms with E-state index < -0.39 is 0 Å². The highest BCUT2D eigenvalue weighted by Gasteiger charge is 2.11. The minimum Gasteiger partial charge on any atom is -0.341 e. The van der Waals surface area contributed by atoms with Gasteiger partial charge >= 0.3 is 0 Å². The Kier molecular flexibility index (Phi) is 4.55. The molecular weight excluding hydrogens is 314 g/mol. The summed E-state index contributed by atoms with van der Waals surface area (Å²) in [4.78, 5) is 0. The number of nitrogens with zero attached hydrogens (tertiary/aromatic N) is 1. The molecule has 0 saturated carbocycles. The van der Waals surface area contributed by atoms with Gasteiger partial charge in [0.05, 0.1) is 0 Å². The fourth-order valence-corrected chi connectivity index (χ4v) is 3.98. The van der Waals surface area contributed by atoms with Gasteiger partial charge in [-0.2, -0.15) is 0 Å². The van der Waals surface area contributed by atoms with Crippen molar-refractivity contribution in [3.8, 4) is 11.1 Å². The molecular formula is C25H27N. The summed E-state index contributed by atoms with van der Waals surface area (Å²) in [6.07, 6.45) is 3.69. The van der Waals surface area contributed by atoms with Gasteiger partial charge in [0.15, 0.2) is 0 Å². The third-order valence-electron chi connectivity index (χ3n) is 5.44. The second-order valence-electron chi connectivity index (χ2n) is 7.30. The van der Waals surface area contributed by atoms with Crippen molar-refractivity contribution in [2.24, 2.45) is 0 Å². The van der Waals surface area contributed by atoms with Gasteiger partial charge in [0.25, 0.3) is 0 Å². The van der Waals surface area contributed by atoms with Crippen molar-refractivity contribution >= 4 is 21.8 Å². The number of rotatable bonds is 5. The molecule has 4 aromatic rings. The van der Waals surface area contributed by atoms with Crippen molar-refractivity contribution < 1.29 is 0 Å². The molecule has 0 saturated heterocycles. The highest BCUT2D eigenvalue weighted by atomic mass is 15.0. The second-order valence-corrected chi connectivity index (χ2v) is 7.30. The molecule has 0 bridgehead atoms. The van der Waals surface area contributed by atoms with Crippen molar-refractivity contribution in [3.05, 3.63) is 71.8 Å². The van der Waals surface area contributed by atoms with Gasteiger partial charge in [-0.1, -0.05) is 61.4 Å². The Labute approximate surface area is 156 Å². The average Bonchev–Trinajstić information content (AvgIpc) is 2.98. The number of hydrogen-bond acceptors (Lipinski definition) is 0. The Morgan fingerprint density at radius 3 is 2.23 bits per heavy atom. The average molecular weight is 341 g/mol. The molecule has 0 aliphatic carbocycles. The third-order valence-corrected chi connectivity index (χ3v) is 5.44. The predicted molar refractivity (Wildman–Crippen MR) is 114 cm³/mol. The molecule has 26 heavy (non-hydrogen) atoms. The summed E-state index contributed by atoms with van der Waals surface area (Å²) in [5.74, 6) is 0. The van der Waals surface area contributed by atoms with Gasteiger partial charge < -0.3 is 4.57 Å². The number of fused-ring (bicyclic) bond motifs is 3. The lowest BCUT2D eigenvalue weighted by Crippen LogP contribution is -1.93. The highest BCUT2D eigenvalue weighted by Crippen LogP contribution is 2.33. The molecule has 132 valence electrons. The molecule has 0 radical (unpaired) electrons. The van der Waals surface area contributed by atoms with Crippen LogP contribution in [0.5, 0.6) is 0 Å². The quantitative estimate of drug-likeness (QED) is 0.364. The van der Waals surface area contributed by atoms with E-state index in [0.29, 0.717) is 0 Å². The van der Waals surface area contributed by atoms with Gasteiger partial charge in [0.2, 0.25) is 0 Å². The summed E-state index contributed by atoms with van der Waals surface area (Å²) in [5.41, 5.74) is 8.03. The monoisotopic (exact) mass is 341 g/mol. The SMILES string of the molecule is CCCCc1ccc(-c2ccc3c4cc(C)ccc4n(CC)c3c2)cc1. The van der Waals surface area contributed by atoms with Gasteiger partial charge in [-0.3, -0.25) is 0 Å². The summed E-state index contributed by atoms with van der Waals surface area (Å²) < 4.78 is 2.43. The van der Waals surface area contributed by atoms with E-state index in [1.807, 2.05) is 0 Å². The van der Waals surface area contributed by atoms with Crippen LogP contribution >= 0.6 is 0 Å². The van der Waals surface area contributed by atoms with E-state index in [4.69, 9.17) is 0 Å². The van der Waals surface area contributed by atoms with Crippen molar-refractivity contribution in [1.29, 1.82) is 0 Å². The van der Waals surface area contributed by atoms with E-state index in [9.17, 15) is 0 Å². The topological polar surface area (TPSA) is 4.93 Å². The van der Waals surface area contributed by atoms with E-state index in [2.05, 4.69) is 86.0 Å². The maximum atomic E-state index is 2.43. The minimum absolute atomic E-state index is 0.989. The fourth-order valence-electron chi connectivity index (χ4n) is 3.98. The zero-order chi connectivity index (χ0) is 18.1. The Morgan fingerprint density at radius 2 is 1.50 bits per heavy atom. The van der Waals surface area contributed by atoms with Crippen LogP contribution in [-0.2, 0) is 13.0 Å². The summed E-state index contributed by atoms with van der Waals surface area (Å²) in [5, 5.41) is 2.72. The first-order chi connectivity index (χ1) is 12.7.